The molecule has 27 heavy (non-hydrogen) atoms. The summed E-state index contributed by atoms with van der Waals surface area (Å²) in [4.78, 5) is 16.7. The number of amides is 1. The molecule has 0 radical (unpaired) electrons. The minimum atomic E-state index is -0.291. The summed E-state index contributed by atoms with van der Waals surface area (Å²) in [5.41, 5.74) is 2.06. The molecule has 1 aromatic heterocycles. The summed E-state index contributed by atoms with van der Waals surface area (Å²) in [5.74, 6) is 1.02. The molecule has 1 amide bonds. The topological polar surface area (TPSA) is 76.4 Å². The van der Waals surface area contributed by atoms with Gasteiger partial charge >= 0.3 is 0 Å². The van der Waals surface area contributed by atoms with Crippen LogP contribution >= 0.6 is 0 Å². The fourth-order valence-electron chi connectivity index (χ4n) is 3.02. The van der Waals surface area contributed by atoms with Crippen LogP contribution in [-0.2, 0) is 6.61 Å². The number of oxazole rings is 1. The van der Waals surface area contributed by atoms with Crippen LogP contribution in [0, 0.1) is 0 Å². The van der Waals surface area contributed by atoms with Crippen molar-refractivity contribution in [2.75, 3.05) is 11.9 Å². The maximum Gasteiger partial charge on any atom is 0.277 e. The Hall–Kier alpha value is -3.12. The highest BCUT2D eigenvalue weighted by Gasteiger charge is 2.22. The molecule has 0 spiro atoms. The molecule has 3 aromatic rings. The fourth-order valence-corrected chi connectivity index (χ4v) is 3.02. The molecular weight excluding hydrogens is 342 g/mol. The number of carbonyl (C=O) groups is 1. The van der Waals surface area contributed by atoms with Crippen molar-refractivity contribution in [3.63, 3.8) is 0 Å². The van der Waals surface area contributed by atoms with Gasteiger partial charge in [0.25, 0.3) is 5.91 Å². The zero-order valence-electron chi connectivity index (χ0n) is 14.9. The third-order valence-corrected chi connectivity index (χ3v) is 4.47. The Morgan fingerprint density at radius 2 is 2.00 bits per heavy atom. The van der Waals surface area contributed by atoms with Gasteiger partial charge in [0.2, 0.25) is 5.89 Å². The highest BCUT2D eigenvalue weighted by molar-refractivity contribution is 6.02. The molecule has 2 aromatic carbocycles. The van der Waals surface area contributed by atoms with Crippen molar-refractivity contribution in [2.45, 2.75) is 25.5 Å². The zero-order chi connectivity index (χ0) is 18.5. The standard InChI is InChI=1S/C21H21N3O3/c25-20(19-14-27-21(24-19)18-7-4-12-22-18)23-16-8-10-17(11-9-16)26-13-15-5-2-1-3-6-15/h1-3,5-6,8-11,14,18,22H,4,7,12-13H2,(H,23,25). The molecule has 0 aliphatic carbocycles. The van der Waals surface area contributed by atoms with Gasteiger partial charge < -0.3 is 19.8 Å². The normalized spacial score (nSPS) is 16.2. The smallest absolute Gasteiger partial charge is 0.277 e. The van der Waals surface area contributed by atoms with E-state index in [1.54, 1.807) is 12.1 Å². The van der Waals surface area contributed by atoms with Gasteiger partial charge in [-0.2, -0.15) is 0 Å². The van der Waals surface area contributed by atoms with Gasteiger partial charge in [-0.3, -0.25) is 4.79 Å². The molecule has 138 valence electrons. The monoisotopic (exact) mass is 363 g/mol. The molecule has 1 saturated heterocycles. The predicted molar refractivity (Wildman–Crippen MR) is 102 cm³/mol. The summed E-state index contributed by atoms with van der Waals surface area (Å²) in [6.45, 7) is 1.46. The van der Waals surface area contributed by atoms with Crippen LogP contribution in [-0.4, -0.2) is 17.4 Å². The van der Waals surface area contributed by atoms with Gasteiger partial charge in [0.1, 0.15) is 18.6 Å². The number of nitrogens with one attached hydrogen (secondary N) is 2. The molecular formula is C21H21N3O3. The van der Waals surface area contributed by atoms with Gasteiger partial charge in [0, 0.05) is 5.69 Å². The van der Waals surface area contributed by atoms with Crippen LogP contribution in [0.1, 0.15) is 40.8 Å². The first kappa shape index (κ1) is 17.3. The number of rotatable bonds is 6. The molecule has 6 nitrogen and oxygen atoms in total. The van der Waals surface area contributed by atoms with E-state index in [4.69, 9.17) is 9.15 Å². The van der Waals surface area contributed by atoms with Gasteiger partial charge in [-0.1, -0.05) is 30.3 Å². The van der Waals surface area contributed by atoms with Gasteiger partial charge in [-0.05, 0) is 49.2 Å². The van der Waals surface area contributed by atoms with E-state index in [-0.39, 0.29) is 17.6 Å². The molecule has 1 aliphatic rings. The van der Waals surface area contributed by atoms with E-state index in [2.05, 4.69) is 15.6 Å². The fraction of sp³-hybridized carbons (Fsp3) is 0.238. The van der Waals surface area contributed by atoms with E-state index < -0.39 is 0 Å². The number of ether oxygens (including phenoxy) is 1. The molecule has 6 heteroatoms. The number of hydrogen-bond acceptors (Lipinski definition) is 5. The van der Waals surface area contributed by atoms with E-state index in [0.29, 0.717) is 18.2 Å². The van der Waals surface area contributed by atoms with E-state index in [1.165, 1.54) is 6.26 Å². The van der Waals surface area contributed by atoms with E-state index in [1.807, 2.05) is 42.5 Å². The number of aromatic nitrogens is 1. The van der Waals surface area contributed by atoms with Crippen LogP contribution in [0.3, 0.4) is 0 Å². The first-order valence-corrected chi connectivity index (χ1v) is 9.05. The molecule has 2 N–H and O–H groups in total. The number of nitrogens with zero attached hydrogens (tertiary/aromatic N) is 1. The summed E-state index contributed by atoms with van der Waals surface area (Å²) >= 11 is 0. The second-order valence-corrected chi connectivity index (χ2v) is 6.47. The molecule has 1 fully saturated rings. The third kappa shape index (κ3) is 4.35. The molecule has 2 heterocycles. The molecule has 1 unspecified atom stereocenters. The maximum absolute atomic E-state index is 12.4. The average molecular weight is 363 g/mol. The van der Waals surface area contributed by atoms with Crippen molar-refractivity contribution >= 4 is 11.6 Å². The number of benzene rings is 2. The lowest BCUT2D eigenvalue weighted by Gasteiger charge is -2.08. The number of anilines is 1. The van der Waals surface area contributed by atoms with Crippen molar-refractivity contribution in [3.05, 3.63) is 78.0 Å². The van der Waals surface area contributed by atoms with Crippen LogP contribution in [0.15, 0.2) is 65.3 Å². The largest absolute Gasteiger partial charge is 0.489 e. The summed E-state index contributed by atoms with van der Waals surface area (Å²) in [6, 6.07) is 17.3. The average Bonchev–Trinajstić information content (AvgIpc) is 3.40. The molecule has 1 atom stereocenters. The lowest BCUT2D eigenvalue weighted by molar-refractivity contribution is 0.102. The van der Waals surface area contributed by atoms with E-state index in [9.17, 15) is 4.79 Å². The lowest BCUT2D eigenvalue weighted by Crippen LogP contribution is -2.15. The quantitative estimate of drug-likeness (QED) is 0.694. The van der Waals surface area contributed by atoms with Crippen LogP contribution in [0.5, 0.6) is 5.75 Å². The van der Waals surface area contributed by atoms with Gasteiger partial charge in [-0.25, -0.2) is 4.98 Å². The third-order valence-electron chi connectivity index (χ3n) is 4.47. The van der Waals surface area contributed by atoms with Crippen LogP contribution in [0.4, 0.5) is 5.69 Å². The van der Waals surface area contributed by atoms with Crippen molar-refractivity contribution < 1.29 is 13.9 Å². The SMILES string of the molecule is O=C(Nc1ccc(OCc2ccccc2)cc1)c1coc(C2CCCN2)n1. The highest BCUT2D eigenvalue weighted by atomic mass is 16.5. The van der Waals surface area contributed by atoms with Crippen molar-refractivity contribution in [3.8, 4) is 5.75 Å². The molecule has 1 aliphatic heterocycles. The summed E-state index contributed by atoms with van der Waals surface area (Å²) in [6.07, 6.45) is 3.47. The first-order chi connectivity index (χ1) is 13.3. The number of hydrogen-bond donors (Lipinski definition) is 2. The van der Waals surface area contributed by atoms with Crippen LogP contribution in [0.25, 0.3) is 0 Å². The minimum absolute atomic E-state index is 0.104. The zero-order valence-corrected chi connectivity index (χ0v) is 14.9. The van der Waals surface area contributed by atoms with Crippen molar-refractivity contribution in [1.29, 1.82) is 0 Å². The Bertz CT molecular complexity index is 885. The Kier molecular flexibility index (Phi) is 5.16. The molecule has 0 bridgehead atoms. The number of carbonyl (C=O) groups excluding carboxylic acids is 1. The van der Waals surface area contributed by atoms with Crippen molar-refractivity contribution in [2.24, 2.45) is 0 Å². The van der Waals surface area contributed by atoms with Crippen LogP contribution < -0.4 is 15.4 Å². The Morgan fingerprint density at radius 1 is 1.19 bits per heavy atom. The highest BCUT2D eigenvalue weighted by Crippen LogP contribution is 2.23. The first-order valence-electron chi connectivity index (χ1n) is 9.05. The second-order valence-electron chi connectivity index (χ2n) is 6.47. The molecule has 4 rings (SSSR count). The Morgan fingerprint density at radius 3 is 2.74 bits per heavy atom. The van der Waals surface area contributed by atoms with Gasteiger partial charge in [-0.15, -0.1) is 0 Å². The summed E-state index contributed by atoms with van der Waals surface area (Å²) < 4.78 is 11.2. The van der Waals surface area contributed by atoms with Gasteiger partial charge in [0.05, 0.1) is 6.04 Å². The van der Waals surface area contributed by atoms with Crippen LogP contribution in [0.2, 0.25) is 0 Å². The van der Waals surface area contributed by atoms with E-state index >= 15 is 0 Å². The van der Waals surface area contributed by atoms with E-state index in [0.717, 1.165) is 30.7 Å². The lowest BCUT2D eigenvalue weighted by atomic mass is 10.2. The Balaban J connectivity index is 1.33. The molecule has 0 saturated carbocycles. The maximum atomic E-state index is 12.4. The van der Waals surface area contributed by atoms with Gasteiger partial charge in [0.15, 0.2) is 5.69 Å². The predicted octanol–water partition coefficient (Wildman–Crippen LogP) is 3.93. The minimum Gasteiger partial charge on any atom is -0.489 e. The second kappa shape index (κ2) is 8.05. The Labute approximate surface area is 157 Å². The summed E-state index contributed by atoms with van der Waals surface area (Å²) in [7, 11) is 0. The van der Waals surface area contributed by atoms with Crippen molar-refractivity contribution in [1.82, 2.24) is 10.3 Å². The summed E-state index contributed by atoms with van der Waals surface area (Å²) in [5, 5.41) is 6.13.